The van der Waals surface area contributed by atoms with Crippen LogP contribution in [0.1, 0.15) is 88.8 Å². The molecule has 1 aromatic carbocycles. The first-order valence-corrected chi connectivity index (χ1v) is 17.7. The van der Waals surface area contributed by atoms with Gasteiger partial charge < -0.3 is 18.9 Å². The summed E-state index contributed by atoms with van der Waals surface area (Å²) in [5.41, 5.74) is -4.31. The zero-order valence-corrected chi connectivity index (χ0v) is 32.4. The van der Waals surface area contributed by atoms with Crippen LogP contribution in [0.4, 0.5) is 0 Å². The third-order valence-corrected chi connectivity index (χ3v) is 9.68. The number of rotatable bonds is 6. The standard InChI is InChI=1S/C40H46N4O10/c1-11-53-33(47)39(15-13-23-21-43(37(3,4)5)35(49)41-31(23)45)17-25-26(18-39)30(52-10)28-20-40(34(48)54-12-2,19-27(28)29(25)51-9)16-14-24-22-44(38(6,7)8)36(50)42-32(24)46/h21-22H,11-12,17-20H2,1-10H3,(H,41,45,49)(H,42,46,50). The third-order valence-electron chi connectivity index (χ3n) is 9.68. The molecule has 0 aliphatic heterocycles. The van der Waals surface area contributed by atoms with E-state index in [1.54, 1.807) is 13.8 Å². The normalized spacial score (nSPS) is 15.1. The van der Waals surface area contributed by atoms with Crippen LogP contribution >= 0.6 is 0 Å². The number of fused-ring (bicyclic) bond motifs is 2. The molecule has 0 amide bonds. The summed E-state index contributed by atoms with van der Waals surface area (Å²) in [5.74, 6) is 11.5. The molecule has 0 saturated heterocycles. The van der Waals surface area contributed by atoms with Gasteiger partial charge in [0.05, 0.1) is 27.4 Å². The molecule has 2 aromatic heterocycles. The Bertz CT molecular complexity index is 2200. The molecule has 14 nitrogen and oxygen atoms in total. The van der Waals surface area contributed by atoms with Gasteiger partial charge in [0.15, 0.2) is 0 Å². The number of nitrogens with zero attached hydrogens (tertiary/aromatic N) is 2. The zero-order chi connectivity index (χ0) is 40.0. The molecule has 0 fully saturated rings. The number of hydrogen-bond donors (Lipinski definition) is 2. The molecule has 0 unspecified atom stereocenters. The highest BCUT2D eigenvalue weighted by atomic mass is 16.5. The molecular weight excluding hydrogens is 696 g/mol. The van der Waals surface area contributed by atoms with E-state index in [2.05, 4.69) is 33.6 Å². The maximum Gasteiger partial charge on any atom is 0.328 e. The van der Waals surface area contributed by atoms with Gasteiger partial charge in [-0.2, -0.15) is 0 Å². The minimum atomic E-state index is -1.46. The molecule has 5 rings (SSSR count). The van der Waals surface area contributed by atoms with Crippen LogP contribution < -0.4 is 32.0 Å². The topological polar surface area (TPSA) is 181 Å². The summed E-state index contributed by atoms with van der Waals surface area (Å²) >= 11 is 0. The molecule has 0 atom stereocenters. The summed E-state index contributed by atoms with van der Waals surface area (Å²) in [6.07, 6.45) is 2.87. The lowest BCUT2D eigenvalue weighted by Crippen LogP contribution is -2.39. The highest BCUT2D eigenvalue weighted by Crippen LogP contribution is 2.54. The Kier molecular flexibility index (Phi) is 10.4. The van der Waals surface area contributed by atoms with E-state index in [0.29, 0.717) is 33.8 Å². The first kappa shape index (κ1) is 39.4. The van der Waals surface area contributed by atoms with Crippen molar-refractivity contribution in [2.75, 3.05) is 27.4 Å². The predicted octanol–water partition coefficient (Wildman–Crippen LogP) is 2.31. The predicted molar refractivity (Wildman–Crippen MR) is 199 cm³/mol. The first-order chi connectivity index (χ1) is 25.3. The summed E-state index contributed by atoms with van der Waals surface area (Å²) in [7, 11) is 2.97. The van der Waals surface area contributed by atoms with Gasteiger partial charge in [-0.05, 0) is 55.4 Å². The van der Waals surface area contributed by atoms with E-state index < -0.39 is 56.3 Å². The lowest BCUT2D eigenvalue weighted by molar-refractivity contribution is -0.152. The fourth-order valence-electron chi connectivity index (χ4n) is 7.08. The van der Waals surface area contributed by atoms with Crippen molar-refractivity contribution < 1.29 is 28.5 Å². The van der Waals surface area contributed by atoms with E-state index in [1.165, 1.54) is 35.7 Å². The number of esters is 2. The van der Waals surface area contributed by atoms with Crippen molar-refractivity contribution in [3.8, 4) is 35.2 Å². The Morgan fingerprint density at radius 2 is 0.963 bits per heavy atom. The van der Waals surface area contributed by atoms with E-state index in [-0.39, 0.29) is 50.0 Å². The van der Waals surface area contributed by atoms with Crippen LogP contribution in [-0.2, 0) is 55.8 Å². The number of carbonyl (C=O) groups is 2. The molecule has 0 radical (unpaired) electrons. The minimum Gasteiger partial charge on any atom is -0.496 e. The molecule has 2 aliphatic carbocycles. The van der Waals surface area contributed by atoms with Crippen molar-refractivity contribution in [3.63, 3.8) is 0 Å². The number of methoxy groups -OCH3 is 2. The average Bonchev–Trinajstić information content (AvgIpc) is 3.66. The van der Waals surface area contributed by atoms with Crippen LogP contribution in [0.3, 0.4) is 0 Å². The fourth-order valence-corrected chi connectivity index (χ4v) is 7.08. The number of benzene rings is 1. The summed E-state index contributed by atoms with van der Waals surface area (Å²) in [4.78, 5) is 83.1. The lowest BCUT2D eigenvalue weighted by atomic mass is 9.84. The molecule has 3 aromatic rings. The average molecular weight is 743 g/mol. The van der Waals surface area contributed by atoms with Gasteiger partial charge in [-0.3, -0.25) is 38.3 Å². The van der Waals surface area contributed by atoms with Crippen molar-refractivity contribution in [1.82, 2.24) is 19.1 Å². The monoisotopic (exact) mass is 742 g/mol. The molecule has 0 saturated carbocycles. The highest BCUT2D eigenvalue weighted by molar-refractivity contribution is 5.87. The van der Waals surface area contributed by atoms with E-state index in [9.17, 15) is 28.8 Å². The van der Waals surface area contributed by atoms with Crippen LogP contribution in [0, 0.1) is 34.5 Å². The maximum atomic E-state index is 13.8. The number of aromatic nitrogens is 4. The third kappa shape index (κ3) is 7.00. The molecule has 2 heterocycles. The smallest absolute Gasteiger partial charge is 0.328 e. The maximum absolute atomic E-state index is 13.8. The van der Waals surface area contributed by atoms with Crippen LogP contribution in [-0.4, -0.2) is 58.5 Å². The van der Waals surface area contributed by atoms with Gasteiger partial charge in [-0.15, -0.1) is 0 Å². The van der Waals surface area contributed by atoms with Gasteiger partial charge in [0.2, 0.25) is 0 Å². The summed E-state index contributed by atoms with van der Waals surface area (Å²) in [5, 5.41) is 0. The van der Waals surface area contributed by atoms with Gasteiger partial charge >= 0.3 is 23.3 Å². The Labute approximate surface area is 312 Å². The fraction of sp³-hybridized carbons (Fsp3) is 0.500. The van der Waals surface area contributed by atoms with E-state index in [4.69, 9.17) is 18.9 Å². The van der Waals surface area contributed by atoms with Gasteiger partial charge in [0.1, 0.15) is 33.5 Å². The molecule has 54 heavy (non-hydrogen) atoms. The Balaban J connectivity index is 1.67. The van der Waals surface area contributed by atoms with Crippen LogP contribution in [0.15, 0.2) is 31.6 Å². The van der Waals surface area contributed by atoms with Crippen molar-refractivity contribution in [1.29, 1.82) is 0 Å². The summed E-state index contributed by atoms with van der Waals surface area (Å²) < 4.78 is 25.9. The summed E-state index contributed by atoms with van der Waals surface area (Å²) in [6, 6.07) is 0. The molecule has 2 aliphatic rings. The number of hydrogen-bond acceptors (Lipinski definition) is 10. The number of ether oxygens (including phenoxy) is 4. The van der Waals surface area contributed by atoms with Crippen LogP contribution in [0.25, 0.3) is 0 Å². The molecule has 0 spiro atoms. The molecule has 2 N–H and O–H groups in total. The second kappa shape index (κ2) is 14.2. The zero-order valence-electron chi connectivity index (χ0n) is 32.4. The second-order valence-electron chi connectivity index (χ2n) is 15.5. The second-order valence-corrected chi connectivity index (χ2v) is 15.5. The number of H-pyrrole nitrogens is 2. The minimum absolute atomic E-state index is 0.000114. The molecule has 286 valence electrons. The van der Waals surface area contributed by atoms with Gasteiger partial charge in [0, 0.05) is 71.4 Å². The van der Waals surface area contributed by atoms with Gasteiger partial charge in [-0.25, -0.2) is 9.59 Å². The quantitative estimate of drug-likeness (QED) is 0.281. The molecule has 0 bridgehead atoms. The van der Waals surface area contributed by atoms with Gasteiger partial charge in [-0.1, -0.05) is 23.7 Å². The summed E-state index contributed by atoms with van der Waals surface area (Å²) in [6.45, 7) is 14.4. The number of aromatic amines is 2. The Morgan fingerprint density at radius 3 is 1.22 bits per heavy atom. The SMILES string of the molecule is CCOC(=O)C1(C#Cc2cn(C(C)(C)C)c(=O)[nH]c2=O)Cc2c(c(OC)c3c(c2OC)CC(C#Cc2cn(C(C)(C)C)c(=O)[nH]c2=O)(C(=O)OCC)C3)C1. The van der Waals surface area contributed by atoms with Crippen molar-refractivity contribution in [2.24, 2.45) is 10.8 Å². The molecular formula is C40H46N4O10. The number of nitrogens with one attached hydrogen (secondary N) is 2. The lowest BCUT2D eigenvalue weighted by Gasteiger charge is -2.22. The highest BCUT2D eigenvalue weighted by Gasteiger charge is 2.52. The molecule has 14 heteroatoms. The first-order valence-electron chi connectivity index (χ1n) is 17.7. The van der Waals surface area contributed by atoms with Crippen molar-refractivity contribution in [3.05, 3.63) is 87.5 Å². The largest absolute Gasteiger partial charge is 0.496 e. The number of carbonyl (C=O) groups excluding carboxylic acids is 2. The van der Waals surface area contributed by atoms with Gasteiger partial charge in [0.25, 0.3) is 11.1 Å². The van der Waals surface area contributed by atoms with Crippen LogP contribution in [0.5, 0.6) is 11.5 Å². The van der Waals surface area contributed by atoms with Crippen LogP contribution in [0.2, 0.25) is 0 Å². The van der Waals surface area contributed by atoms with E-state index >= 15 is 0 Å². The Hall–Kier alpha value is -5.76. The van der Waals surface area contributed by atoms with E-state index in [1.807, 2.05) is 41.5 Å². The van der Waals surface area contributed by atoms with Crippen molar-refractivity contribution in [2.45, 2.75) is 92.2 Å². The van der Waals surface area contributed by atoms with E-state index in [0.717, 1.165) is 0 Å². The Morgan fingerprint density at radius 1 is 0.648 bits per heavy atom. The van der Waals surface area contributed by atoms with Crippen molar-refractivity contribution >= 4 is 11.9 Å².